The molecule has 0 aliphatic carbocycles. The summed E-state index contributed by atoms with van der Waals surface area (Å²) < 4.78 is 13.2. The molecule has 3 amide bonds. The Morgan fingerprint density at radius 3 is 2.24 bits per heavy atom. The van der Waals surface area contributed by atoms with E-state index in [0.29, 0.717) is 39.1 Å². The van der Waals surface area contributed by atoms with E-state index in [1.165, 1.54) is 12.1 Å². The van der Waals surface area contributed by atoms with Crippen molar-refractivity contribution in [2.75, 3.05) is 32.7 Å². The van der Waals surface area contributed by atoms with E-state index in [4.69, 9.17) is 11.6 Å². The Labute approximate surface area is 175 Å². The number of piperazine rings is 1. The van der Waals surface area contributed by atoms with Crippen molar-refractivity contribution in [2.45, 2.75) is 39.7 Å². The van der Waals surface area contributed by atoms with Gasteiger partial charge in [0, 0.05) is 38.1 Å². The van der Waals surface area contributed by atoms with Crippen molar-refractivity contribution < 1.29 is 18.8 Å². The Morgan fingerprint density at radius 2 is 1.66 bits per heavy atom. The minimum absolute atomic E-state index is 0.00637. The standard InChI is InChI=1S/C21H27ClFN3O3/c1-21(2,3)20(29)26-8-4-5-17(26)19(28)25-11-9-24(10-12-25)18(27)15-7-6-14(23)13-16(15)22/h6-7,13,17H,4-5,8-12H2,1-3H3. The van der Waals surface area contributed by atoms with Crippen LogP contribution in [0.25, 0.3) is 0 Å². The fourth-order valence-electron chi connectivity index (χ4n) is 3.87. The lowest BCUT2D eigenvalue weighted by Gasteiger charge is -2.38. The summed E-state index contributed by atoms with van der Waals surface area (Å²) in [4.78, 5) is 43.5. The predicted octanol–water partition coefficient (Wildman–Crippen LogP) is 2.80. The Balaban J connectivity index is 1.62. The molecular formula is C21H27ClFN3O3. The molecule has 0 spiro atoms. The first-order valence-corrected chi connectivity index (χ1v) is 10.3. The second kappa shape index (κ2) is 8.30. The van der Waals surface area contributed by atoms with E-state index in [0.717, 1.165) is 12.5 Å². The highest BCUT2D eigenvalue weighted by atomic mass is 35.5. The van der Waals surface area contributed by atoms with E-state index < -0.39 is 17.3 Å². The van der Waals surface area contributed by atoms with Crippen molar-refractivity contribution in [3.63, 3.8) is 0 Å². The molecule has 2 aliphatic rings. The first-order chi connectivity index (χ1) is 13.6. The number of hydrogen-bond donors (Lipinski definition) is 0. The zero-order valence-electron chi connectivity index (χ0n) is 17.1. The summed E-state index contributed by atoms with van der Waals surface area (Å²) in [5.41, 5.74) is -0.270. The van der Waals surface area contributed by atoms with E-state index in [1.807, 2.05) is 20.8 Å². The van der Waals surface area contributed by atoms with Crippen LogP contribution in [0.5, 0.6) is 0 Å². The molecule has 1 unspecified atom stereocenters. The van der Waals surface area contributed by atoms with Gasteiger partial charge in [-0.05, 0) is 31.0 Å². The van der Waals surface area contributed by atoms with Crippen LogP contribution in [0.1, 0.15) is 44.0 Å². The van der Waals surface area contributed by atoms with Gasteiger partial charge in [-0.15, -0.1) is 0 Å². The Kier molecular flexibility index (Phi) is 6.17. The van der Waals surface area contributed by atoms with E-state index in [9.17, 15) is 18.8 Å². The van der Waals surface area contributed by atoms with Gasteiger partial charge in [-0.3, -0.25) is 14.4 Å². The van der Waals surface area contributed by atoms with Crippen molar-refractivity contribution in [1.29, 1.82) is 0 Å². The minimum atomic E-state index is -0.525. The lowest BCUT2D eigenvalue weighted by atomic mass is 9.94. The molecule has 6 nitrogen and oxygen atoms in total. The quantitative estimate of drug-likeness (QED) is 0.734. The van der Waals surface area contributed by atoms with Gasteiger partial charge in [-0.2, -0.15) is 0 Å². The number of nitrogens with zero attached hydrogens (tertiary/aromatic N) is 3. The largest absolute Gasteiger partial charge is 0.337 e. The summed E-state index contributed by atoms with van der Waals surface area (Å²) >= 11 is 6.00. The third kappa shape index (κ3) is 4.55. The van der Waals surface area contributed by atoms with Crippen LogP contribution in [-0.2, 0) is 9.59 Å². The number of rotatable bonds is 2. The molecule has 29 heavy (non-hydrogen) atoms. The van der Waals surface area contributed by atoms with E-state index in [-0.39, 0.29) is 28.3 Å². The van der Waals surface area contributed by atoms with Crippen molar-refractivity contribution in [3.8, 4) is 0 Å². The van der Waals surface area contributed by atoms with Gasteiger partial charge in [-0.25, -0.2) is 4.39 Å². The highest BCUT2D eigenvalue weighted by Gasteiger charge is 2.40. The van der Waals surface area contributed by atoms with Crippen LogP contribution in [0, 0.1) is 11.2 Å². The van der Waals surface area contributed by atoms with Crippen LogP contribution in [0.4, 0.5) is 4.39 Å². The highest BCUT2D eigenvalue weighted by molar-refractivity contribution is 6.33. The molecule has 158 valence electrons. The Morgan fingerprint density at radius 1 is 1.03 bits per heavy atom. The fraction of sp³-hybridized carbons (Fsp3) is 0.571. The van der Waals surface area contributed by atoms with Gasteiger partial charge < -0.3 is 14.7 Å². The molecule has 8 heteroatoms. The van der Waals surface area contributed by atoms with E-state index >= 15 is 0 Å². The number of carbonyl (C=O) groups excluding carboxylic acids is 3. The maximum atomic E-state index is 13.2. The number of amides is 3. The topological polar surface area (TPSA) is 60.9 Å². The number of likely N-dealkylation sites (tertiary alicyclic amines) is 1. The highest BCUT2D eigenvalue weighted by Crippen LogP contribution is 2.27. The van der Waals surface area contributed by atoms with Crippen LogP contribution in [0.3, 0.4) is 0 Å². The fourth-order valence-corrected chi connectivity index (χ4v) is 4.12. The Bertz CT molecular complexity index is 816. The van der Waals surface area contributed by atoms with Crippen LogP contribution >= 0.6 is 11.6 Å². The molecule has 2 saturated heterocycles. The van der Waals surface area contributed by atoms with Crippen molar-refractivity contribution in [3.05, 3.63) is 34.6 Å². The molecule has 2 fully saturated rings. The summed E-state index contributed by atoms with van der Waals surface area (Å²) in [5, 5.41) is 0.0794. The zero-order chi connectivity index (χ0) is 21.3. The SMILES string of the molecule is CC(C)(C)C(=O)N1CCCC1C(=O)N1CCN(C(=O)c2ccc(F)cc2Cl)CC1. The molecule has 0 radical (unpaired) electrons. The van der Waals surface area contributed by atoms with Gasteiger partial charge in [0.2, 0.25) is 11.8 Å². The molecule has 1 aromatic carbocycles. The van der Waals surface area contributed by atoms with Gasteiger partial charge in [0.1, 0.15) is 11.9 Å². The first kappa shape index (κ1) is 21.6. The number of halogens is 2. The third-order valence-corrected chi connectivity index (χ3v) is 5.79. The van der Waals surface area contributed by atoms with Crippen molar-refractivity contribution in [2.24, 2.45) is 5.41 Å². The lowest BCUT2D eigenvalue weighted by molar-refractivity contribution is -0.149. The molecule has 1 aromatic rings. The first-order valence-electron chi connectivity index (χ1n) is 9.94. The predicted molar refractivity (Wildman–Crippen MR) is 108 cm³/mol. The third-order valence-electron chi connectivity index (χ3n) is 5.48. The average molecular weight is 424 g/mol. The monoisotopic (exact) mass is 423 g/mol. The zero-order valence-corrected chi connectivity index (χ0v) is 17.8. The molecule has 0 aromatic heterocycles. The molecule has 2 heterocycles. The lowest BCUT2D eigenvalue weighted by Crippen LogP contribution is -2.56. The van der Waals surface area contributed by atoms with Gasteiger partial charge in [0.15, 0.2) is 0 Å². The maximum Gasteiger partial charge on any atom is 0.255 e. The second-order valence-corrected chi connectivity index (χ2v) is 9.06. The van der Waals surface area contributed by atoms with Crippen molar-refractivity contribution in [1.82, 2.24) is 14.7 Å². The summed E-state index contributed by atoms with van der Waals surface area (Å²) in [5.74, 6) is -0.819. The molecule has 1 atom stereocenters. The average Bonchev–Trinajstić information content (AvgIpc) is 3.15. The molecule has 0 N–H and O–H groups in total. The minimum Gasteiger partial charge on any atom is -0.337 e. The number of hydrogen-bond acceptors (Lipinski definition) is 3. The smallest absolute Gasteiger partial charge is 0.255 e. The normalized spacial score (nSPS) is 20.2. The summed E-state index contributed by atoms with van der Waals surface area (Å²) in [6, 6.07) is 3.29. The maximum absolute atomic E-state index is 13.2. The number of benzene rings is 1. The molecule has 0 bridgehead atoms. The van der Waals surface area contributed by atoms with Crippen LogP contribution in [-0.4, -0.2) is 71.2 Å². The summed E-state index contributed by atoms with van der Waals surface area (Å²) in [6.07, 6.45) is 1.49. The van der Waals surface area contributed by atoms with Gasteiger partial charge in [0.25, 0.3) is 5.91 Å². The van der Waals surface area contributed by atoms with Gasteiger partial charge in [0.05, 0.1) is 10.6 Å². The van der Waals surface area contributed by atoms with Crippen LogP contribution < -0.4 is 0 Å². The van der Waals surface area contributed by atoms with E-state index in [1.54, 1.807) is 14.7 Å². The van der Waals surface area contributed by atoms with Crippen LogP contribution in [0.2, 0.25) is 5.02 Å². The van der Waals surface area contributed by atoms with Crippen LogP contribution in [0.15, 0.2) is 18.2 Å². The van der Waals surface area contributed by atoms with Gasteiger partial charge in [-0.1, -0.05) is 32.4 Å². The molecule has 0 saturated carbocycles. The molecular weight excluding hydrogens is 397 g/mol. The second-order valence-electron chi connectivity index (χ2n) is 8.65. The van der Waals surface area contributed by atoms with Gasteiger partial charge >= 0.3 is 0 Å². The molecule has 2 aliphatic heterocycles. The van der Waals surface area contributed by atoms with E-state index in [2.05, 4.69) is 0 Å². The number of carbonyl (C=O) groups is 3. The van der Waals surface area contributed by atoms with Crippen molar-refractivity contribution >= 4 is 29.3 Å². The summed E-state index contributed by atoms with van der Waals surface area (Å²) in [7, 11) is 0. The Hall–Kier alpha value is -2.15. The summed E-state index contributed by atoms with van der Waals surface area (Å²) in [6.45, 7) is 7.74. The molecule has 3 rings (SSSR count).